The van der Waals surface area contributed by atoms with E-state index in [0.29, 0.717) is 0 Å². The summed E-state index contributed by atoms with van der Waals surface area (Å²) in [5.74, 6) is -0.397. The topological polar surface area (TPSA) is 75.4 Å². The van der Waals surface area contributed by atoms with E-state index in [1.54, 1.807) is 7.05 Å². The lowest BCUT2D eigenvalue weighted by Gasteiger charge is -2.32. The lowest BCUT2D eigenvalue weighted by molar-refractivity contribution is -0.127. The Morgan fingerprint density at radius 3 is 2.79 bits per heavy atom. The second-order valence-electron chi connectivity index (χ2n) is 3.56. The second kappa shape index (κ2) is 4.95. The summed E-state index contributed by atoms with van der Waals surface area (Å²) in [5, 5.41) is 2.54. The molecule has 5 nitrogen and oxygen atoms in total. The first-order valence-corrected chi connectivity index (χ1v) is 4.89. The Morgan fingerprint density at radius 2 is 2.21 bits per heavy atom. The molecule has 1 saturated heterocycles. The van der Waals surface area contributed by atoms with Crippen LogP contribution < -0.4 is 11.1 Å². The van der Waals surface area contributed by atoms with Gasteiger partial charge in [0.05, 0.1) is 12.6 Å². The first kappa shape index (κ1) is 11.0. The molecular formula is C9H17N3O2. The Kier molecular flexibility index (Phi) is 3.88. The van der Waals surface area contributed by atoms with Gasteiger partial charge < -0.3 is 11.1 Å². The summed E-state index contributed by atoms with van der Waals surface area (Å²) >= 11 is 0. The predicted molar refractivity (Wildman–Crippen MR) is 52.5 cm³/mol. The Bertz CT molecular complexity index is 230. The molecule has 0 bridgehead atoms. The van der Waals surface area contributed by atoms with E-state index in [1.807, 2.05) is 4.90 Å². The number of primary amides is 1. The number of likely N-dealkylation sites (N-methyl/N-ethyl adjacent to an activating group) is 1. The van der Waals surface area contributed by atoms with Gasteiger partial charge in [-0.25, -0.2) is 0 Å². The van der Waals surface area contributed by atoms with Crippen LogP contribution in [0.1, 0.15) is 19.3 Å². The van der Waals surface area contributed by atoms with Crippen molar-refractivity contribution in [2.24, 2.45) is 5.73 Å². The Balaban J connectivity index is 2.54. The number of carbonyl (C=O) groups is 2. The van der Waals surface area contributed by atoms with Crippen molar-refractivity contribution in [2.75, 3.05) is 20.1 Å². The van der Waals surface area contributed by atoms with Gasteiger partial charge in [-0.2, -0.15) is 0 Å². The van der Waals surface area contributed by atoms with Gasteiger partial charge in [-0.15, -0.1) is 0 Å². The van der Waals surface area contributed by atoms with Gasteiger partial charge in [0.25, 0.3) is 0 Å². The van der Waals surface area contributed by atoms with Gasteiger partial charge in [0, 0.05) is 7.05 Å². The van der Waals surface area contributed by atoms with Crippen molar-refractivity contribution < 1.29 is 9.59 Å². The number of nitrogens with one attached hydrogen (secondary N) is 1. The molecule has 0 aromatic carbocycles. The number of piperidine rings is 1. The maximum Gasteiger partial charge on any atom is 0.234 e. The minimum absolute atomic E-state index is 0.0712. The third-order valence-electron chi connectivity index (χ3n) is 2.57. The summed E-state index contributed by atoms with van der Waals surface area (Å²) in [6.07, 6.45) is 2.81. The summed E-state index contributed by atoms with van der Waals surface area (Å²) in [6.45, 7) is 1.05. The number of rotatable bonds is 3. The van der Waals surface area contributed by atoms with Crippen molar-refractivity contribution in [1.82, 2.24) is 10.2 Å². The standard InChI is InChI=1S/C9H17N3O2/c1-11-8(13)6-12-5-3-2-4-7(12)9(10)14/h7H,2-6H2,1H3,(H2,10,14)(H,11,13). The highest BCUT2D eigenvalue weighted by Gasteiger charge is 2.27. The number of carbonyl (C=O) groups excluding carboxylic acids is 2. The van der Waals surface area contributed by atoms with Crippen LogP contribution in [-0.4, -0.2) is 42.9 Å². The van der Waals surface area contributed by atoms with E-state index < -0.39 is 0 Å². The molecule has 1 aliphatic rings. The van der Waals surface area contributed by atoms with E-state index in [1.165, 1.54) is 0 Å². The average molecular weight is 199 g/mol. The molecule has 1 aliphatic heterocycles. The summed E-state index contributed by atoms with van der Waals surface area (Å²) in [5.41, 5.74) is 5.26. The van der Waals surface area contributed by atoms with Crippen LogP contribution in [0.25, 0.3) is 0 Å². The van der Waals surface area contributed by atoms with Crippen LogP contribution in [0.5, 0.6) is 0 Å². The lowest BCUT2D eigenvalue weighted by Crippen LogP contribution is -2.50. The minimum atomic E-state index is -0.325. The molecule has 0 aliphatic carbocycles. The molecule has 0 radical (unpaired) electrons. The van der Waals surface area contributed by atoms with Crippen LogP contribution in [0, 0.1) is 0 Å². The van der Waals surface area contributed by atoms with Crippen molar-refractivity contribution in [3.63, 3.8) is 0 Å². The first-order valence-electron chi connectivity index (χ1n) is 4.89. The van der Waals surface area contributed by atoms with Gasteiger partial charge >= 0.3 is 0 Å². The molecular weight excluding hydrogens is 182 g/mol. The average Bonchev–Trinajstić information content (AvgIpc) is 2.18. The molecule has 1 heterocycles. The fourth-order valence-corrected chi connectivity index (χ4v) is 1.77. The van der Waals surface area contributed by atoms with Crippen molar-refractivity contribution in [3.8, 4) is 0 Å². The van der Waals surface area contributed by atoms with E-state index in [4.69, 9.17) is 5.73 Å². The lowest BCUT2D eigenvalue weighted by atomic mass is 10.0. The van der Waals surface area contributed by atoms with Gasteiger partial charge in [0.15, 0.2) is 0 Å². The van der Waals surface area contributed by atoms with Gasteiger partial charge in [0.1, 0.15) is 0 Å². The monoisotopic (exact) mass is 199 g/mol. The molecule has 0 spiro atoms. The zero-order chi connectivity index (χ0) is 10.6. The quantitative estimate of drug-likeness (QED) is 0.616. The third kappa shape index (κ3) is 2.70. The molecule has 0 saturated carbocycles. The molecule has 0 aromatic heterocycles. The van der Waals surface area contributed by atoms with Crippen LogP contribution in [0.3, 0.4) is 0 Å². The van der Waals surface area contributed by atoms with E-state index in [-0.39, 0.29) is 24.4 Å². The number of nitrogens with two attached hydrogens (primary N) is 1. The zero-order valence-corrected chi connectivity index (χ0v) is 8.45. The Hall–Kier alpha value is -1.10. The Morgan fingerprint density at radius 1 is 1.50 bits per heavy atom. The molecule has 1 atom stereocenters. The van der Waals surface area contributed by atoms with Crippen LogP contribution in [-0.2, 0) is 9.59 Å². The highest BCUT2D eigenvalue weighted by molar-refractivity contribution is 5.82. The van der Waals surface area contributed by atoms with Gasteiger partial charge in [0.2, 0.25) is 11.8 Å². The Labute approximate surface area is 83.6 Å². The zero-order valence-electron chi connectivity index (χ0n) is 8.45. The van der Waals surface area contributed by atoms with Crippen LogP contribution >= 0.6 is 0 Å². The molecule has 80 valence electrons. The van der Waals surface area contributed by atoms with Crippen molar-refractivity contribution in [1.29, 1.82) is 0 Å². The van der Waals surface area contributed by atoms with Gasteiger partial charge in [-0.1, -0.05) is 6.42 Å². The third-order valence-corrected chi connectivity index (χ3v) is 2.57. The highest BCUT2D eigenvalue weighted by Crippen LogP contribution is 2.15. The summed E-state index contributed by atoms with van der Waals surface area (Å²) in [4.78, 5) is 24.1. The van der Waals surface area contributed by atoms with E-state index >= 15 is 0 Å². The largest absolute Gasteiger partial charge is 0.368 e. The maximum atomic E-state index is 11.1. The van der Waals surface area contributed by atoms with Gasteiger partial charge in [-0.05, 0) is 19.4 Å². The van der Waals surface area contributed by atoms with Crippen LogP contribution in [0.2, 0.25) is 0 Å². The molecule has 1 fully saturated rings. The van der Waals surface area contributed by atoms with Crippen LogP contribution in [0.4, 0.5) is 0 Å². The SMILES string of the molecule is CNC(=O)CN1CCCCC1C(N)=O. The summed E-state index contributed by atoms with van der Waals surface area (Å²) in [6, 6.07) is -0.263. The number of likely N-dealkylation sites (tertiary alicyclic amines) is 1. The molecule has 0 aromatic rings. The molecule has 3 N–H and O–H groups in total. The number of amides is 2. The molecule has 5 heteroatoms. The molecule has 1 unspecified atom stereocenters. The predicted octanol–water partition coefficient (Wildman–Crippen LogP) is -0.928. The summed E-state index contributed by atoms with van der Waals surface area (Å²) in [7, 11) is 1.59. The van der Waals surface area contributed by atoms with E-state index in [0.717, 1.165) is 25.8 Å². The fourth-order valence-electron chi connectivity index (χ4n) is 1.77. The number of hydrogen-bond donors (Lipinski definition) is 2. The number of nitrogens with zero attached hydrogens (tertiary/aromatic N) is 1. The normalized spacial score (nSPS) is 23.1. The van der Waals surface area contributed by atoms with Crippen molar-refractivity contribution >= 4 is 11.8 Å². The number of hydrogen-bond acceptors (Lipinski definition) is 3. The molecule has 2 amide bonds. The highest BCUT2D eigenvalue weighted by atomic mass is 16.2. The first-order chi connectivity index (χ1) is 6.65. The fraction of sp³-hybridized carbons (Fsp3) is 0.778. The smallest absolute Gasteiger partial charge is 0.234 e. The minimum Gasteiger partial charge on any atom is -0.368 e. The molecule has 14 heavy (non-hydrogen) atoms. The van der Waals surface area contributed by atoms with Crippen molar-refractivity contribution in [3.05, 3.63) is 0 Å². The second-order valence-corrected chi connectivity index (χ2v) is 3.56. The van der Waals surface area contributed by atoms with Crippen molar-refractivity contribution in [2.45, 2.75) is 25.3 Å². The van der Waals surface area contributed by atoms with E-state index in [9.17, 15) is 9.59 Å². The van der Waals surface area contributed by atoms with Crippen LogP contribution in [0.15, 0.2) is 0 Å². The van der Waals surface area contributed by atoms with E-state index in [2.05, 4.69) is 5.32 Å². The maximum absolute atomic E-state index is 11.1. The summed E-state index contributed by atoms with van der Waals surface area (Å²) < 4.78 is 0. The molecule has 1 rings (SSSR count). The van der Waals surface area contributed by atoms with Gasteiger partial charge in [-0.3, -0.25) is 14.5 Å².